The first-order chi connectivity index (χ1) is 9.11. The zero-order chi connectivity index (χ0) is 14.1. The first kappa shape index (κ1) is 16.2. The third-order valence-corrected chi connectivity index (χ3v) is 4.26. The van der Waals surface area contributed by atoms with E-state index in [-0.39, 0.29) is 17.3 Å². The minimum absolute atomic E-state index is 0.160. The van der Waals surface area contributed by atoms with E-state index in [2.05, 4.69) is 11.3 Å². The molecule has 1 N–H and O–H groups in total. The second-order valence-corrected chi connectivity index (χ2v) is 5.83. The molecule has 0 aliphatic carbocycles. The SMILES string of the molecule is C=CCCOCCNS(=O)(=O)c1ccccc1CCl. The van der Waals surface area contributed by atoms with E-state index in [1.54, 1.807) is 30.3 Å². The Morgan fingerprint density at radius 3 is 2.74 bits per heavy atom. The molecule has 0 fully saturated rings. The van der Waals surface area contributed by atoms with Gasteiger partial charge in [-0.25, -0.2) is 13.1 Å². The number of rotatable bonds is 9. The van der Waals surface area contributed by atoms with Crippen molar-refractivity contribution in [2.24, 2.45) is 0 Å². The summed E-state index contributed by atoms with van der Waals surface area (Å²) in [7, 11) is -3.53. The molecule has 0 bridgehead atoms. The van der Waals surface area contributed by atoms with Crippen molar-refractivity contribution in [3.05, 3.63) is 42.5 Å². The van der Waals surface area contributed by atoms with E-state index < -0.39 is 10.0 Å². The first-order valence-corrected chi connectivity index (χ1v) is 7.95. The van der Waals surface area contributed by atoms with Crippen molar-refractivity contribution in [3.63, 3.8) is 0 Å². The summed E-state index contributed by atoms with van der Waals surface area (Å²) in [5, 5.41) is 0. The van der Waals surface area contributed by atoms with Gasteiger partial charge in [0.25, 0.3) is 0 Å². The molecule has 0 aliphatic rings. The maximum atomic E-state index is 12.1. The standard InChI is InChI=1S/C13H18ClNO3S/c1-2-3-9-18-10-8-15-19(16,17)13-7-5-4-6-12(13)11-14/h2,4-7,15H,1,3,8-11H2. The summed E-state index contributed by atoms with van der Waals surface area (Å²) in [5.41, 5.74) is 0.587. The van der Waals surface area contributed by atoms with Crippen LogP contribution in [0.15, 0.2) is 41.8 Å². The maximum Gasteiger partial charge on any atom is 0.240 e. The Kier molecular flexibility index (Phi) is 7.09. The van der Waals surface area contributed by atoms with Crippen LogP contribution in [0, 0.1) is 0 Å². The molecule has 0 saturated heterocycles. The van der Waals surface area contributed by atoms with Crippen molar-refractivity contribution in [3.8, 4) is 0 Å². The van der Waals surface area contributed by atoms with Crippen LogP contribution >= 0.6 is 11.6 Å². The largest absolute Gasteiger partial charge is 0.380 e. The monoisotopic (exact) mass is 303 g/mol. The van der Waals surface area contributed by atoms with Gasteiger partial charge in [-0.05, 0) is 18.1 Å². The average Bonchev–Trinajstić information content (AvgIpc) is 2.42. The van der Waals surface area contributed by atoms with Crippen LogP contribution in [-0.4, -0.2) is 28.2 Å². The minimum atomic E-state index is -3.53. The molecule has 6 heteroatoms. The fourth-order valence-electron chi connectivity index (χ4n) is 1.47. The fraction of sp³-hybridized carbons (Fsp3) is 0.385. The van der Waals surface area contributed by atoms with Crippen molar-refractivity contribution >= 4 is 21.6 Å². The molecule has 0 atom stereocenters. The van der Waals surface area contributed by atoms with Crippen molar-refractivity contribution in [2.45, 2.75) is 17.2 Å². The number of sulfonamides is 1. The number of nitrogens with one attached hydrogen (secondary N) is 1. The summed E-state index contributed by atoms with van der Waals surface area (Å²) in [4.78, 5) is 0.219. The van der Waals surface area contributed by atoms with Gasteiger partial charge in [0.2, 0.25) is 10.0 Å². The Hall–Kier alpha value is -0.880. The molecule has 4 nitrogen and oxygen atoms in total. The van der Waals surface area contributed by atoms with E-state index in [0.29, 0.717) is 18.8 Å². The molecule has 19 heavy (non-hydrogen) atoms. The number of hydrogen-bond donors (Lipinski definition) is 1. The molecule has 0 aliphatic heterocycles. The van der Waals surface area contributed by atoms with E-state index >= 15 is 0 Å². The van der Waals surface area contributed by atoms with Crippen LogP contribution < -0.4 is 4.72 Å². The average molecular weight is 304 g/mol. The van der Waals surface area contributed by atoms with Crippen molar-refractivity contribution < 1.29 is 13.2 Å². The number of benzene rings is 1. The summed E-state index contributed by atoms with van der Waals surface area (Å²) in [6.07, 6.45) is 2.50. The fourth-order valence-corrected chi connectivity index (χ4v) is 3.03. The highest BCUT2D eigenvalue weighted by Crippen LogP contribution is 2.16. The van der Waals surface area contributed by atoms with E-state index in [1.165, 1.54) is 0 Å². The van der Waals surface area contributed by atoms with Gasteiger partial charge in [-0.1, -0.05) is 24.3 Å². The quantitative estimate of drug-likeness (QED) is 0.433. The molecular weight excluding hydrogens is 286 g/mol. The van der Waals surface area contributed by atoms with E-state index in [1.807, 2.05) is 0 Å². The number of halogens is 1. The topological polar surface area (TPSA) is 55.4 Å². The molecular formula is C13H18ClNO3S. The molecule has 0 amide bonds. The van der Waals surface area contributed by atoms with E-state index in [9.17, 15) is 8.42 Å². The van der Waals surface area contributed by atoms with Gasteiger partial charge in [-0.3, -0.25) is 0 Å². The zero-order valence-electron chi connectivity index (χ0n) is 10.6. The normalized spacial score (nSPS) is 11.4. The molecule has 106 valence electrons. The highest BCUT2D eigenvalue weighted by molar-refractivity contribution is 7.89. The van der Waals surface area contributed by atoms with Crippen LogP contribution in [0.5, 0.6) is 0 Å². The molecule has 0 radical (unpaired) electrons. The van der Waals surface area contributed by atoms with Crippen LogP contribution in [0.4, 0.5) is 0 Å². The molecule has 0 saturated carbocycles. The molecule has 0 spiro atoms. The summed E-state index contributed by atoms with van der Waals surface area (Å²) in [5.74, 6) is 0.160. The van der Waals surface area contributed by atoms with Crippen LogP contribution in [0.2, 0.25) is 0 Å². The van der Waals surface area contributed by atoms with Gasteiger partial charge in [0, 0.05) is 12.4 Å². The third kappa shape index (κ3) is 5.32. The predicted molar refractivity (Wildman–Crippen MR) is 76.8 cm³/mol. The number of alkyl halides is 1. The lowest BCUT2D eigenvalue weighted by Gasteiger charge is -2.10. The molecule has 1 aromatic rings. The first-order valence-electron chi connectivity index (χ1n) is 5.94. The molecule has 1 rings (SSSR count). The van der Waals surface area contributed by atoms with Gasteiger partial charge < -0.3 is 4.74 Å². The third-order valence-electron chi connectivity index (χ3n) is 2.41. The Morgan fingerprint density at radius 2 is 2.05 bits per heavy atom. The van der Waals surface area contributed by atoms with Crippen molar-refractivity contribution in [1.82, 2.24) is 4.72 Å². The van der Waals surface area contributed by atoms with Crippen LogP contribution in [0.25, 0.3) is 0 Å². The van der Waals surface area contributed by atoms with Crippen LogP contribution in [0.3, 0.4) is 0 Å². The molecule has 0 heterocycles. The van der Waals surface area contributed by atoms with Gasteiger partial charge in [-0.2, -0.15) is 0 Å². The van der Waals surface area contributed by atoms with Gasteiger partial charge >= 0.3 is 0 Å². The van der Waals surface area contributed by atoms with Gasteiger partial charge in [-0.15, -0.1) is 18.2 Å². The van der Waals surface area contributed by atoms with Gasteiger partial charge in [0.05, 0.1) is 18.1 Å². The number of ether oxygens (including phenoxy) is 1. The maximum absolute atomic E-state index is 12.1. The Labute approximate surface area is 119 Å². The Morgan fingerprint density at radius 1 is 1.32 bits per heavy atom. The van der Waals surface area contributed by atoms with Crippen LogP contribution in [0.1, 0.15) is 12.0 Å². The molecule has 0 unspecified atom stereocenters. The lowest BCUT2D eigenvalue weighted by atomic mass is 10.2. The predicted octanol–water partition coefficient (Wildman–Crippen LogP) is 2.30. The Bertz CT molecular complexity index is 502. The van der Waals surface area contributed by atoms with E-state index in [0.717, 1.165) is 6.42 Å². The molecule has 1 aromatic carbocycles. The van der Waals surface area contributed by atoms with E-state index in [4.69, 9.17) is 16.3 Å². The van der Waals surface area contributed by atoms with Gasteiger partial charge in [0.1, 0.15) is 0 Å². The summed E-state index contributed by atoms with van der Waals surface area (Å²) >= 11 is 5.73. The number of hydrogen-bond acceptors (Lipinski definition) is 3. The molecule has 0 aromatic heterocycles. The van der Waals surface area contributed by atoms with Crippen molar-refractivity contribution in [2.75, 3.05) is 19.8 Å². The highest BCUT2D eigenvalue weighted by atomic mass is 35.5. The Balaban J connectivity index is 2.54. The second-order valence-electron chi connectivity index (χ2n) is 3.83. The smallest absolute Gasteiger partial charge is 0.240 e. The van der Waals surface area contributed by atoms with Crippen LogP contribution in [-0.2, 0) is 20.6 Å². The summed E-state index contributed by atoms with van der Waals surface area (Å²) < 4.78 is 31.8. The second kappa shape index (κ2) is 8.32. The lowest BCUT2D eigenvalue weighted by Crippen LogP contribution is -2.28. The van der Waals surface area contributed by atoms with Gasteiger partial charge in [0.15, 0.2) is 0 Å². The minimum Gasteiger partial charge on any atom is -0.380 e. The lowest BCUT2D eigenvalue weighted by molar-refractivity contribution is 0.144. The summed E-state index contributed by atoms with van der Waals surface area (Å²) in [6.45, 7) is 4.68. The summed E-state index contributed by atoms with van der Waals surface area (Å²) in [6, 6.07) is 6.67. The van der Waals surface area contributed by atoms with Crippen molar-refractivity contribution in [1.29, 1.82) is 0 Å². The zero-order valence-corrected chi connectivity index (χ0v) is 12.2. The highest BCUT2D eigenvalue weighted by Gasteiger charge is 2.16.